The lowest BCUT2D eigenvalue weighted by Gasteiger charge is -2.17. The molecule has 0 amide bonds. The first-order valence-electron chi connectivity index (χ1n) is 9.21. The summed E-state index contributed by atoms with van der Waals surface area (Å²) in [5.74, 6) is 0.765. The van der Waals surface area contributed by atoms with E-state index in [1.807, 2.05) is 43.1 Å². The second-order valence-corrected chi connectivity index (χ2v) is 8.03. The molecule has 158 valence electrons. The lowest BCUT2D eigenvalue weighted by Crippen LogP contribution is -2.23. The van der Waals surface area contributed by atoms with Crippen LogP contribution >= 0.6 is 11.3 Å². The quantitative estimate of drug-likeness (QED) is 0.476. The molecule has 4 nitrogen and oxygen atoms in total. The minimum Gasteiger partial charge on any atom is -0.488 e. The standard InChI is InChI=1S/C22H21F3N2O2S/c1-14(28)12-27(3)18-8-10-19(11-9-18)29-13-20-15(2)26-21(30-20)16-4-6-17(7-5-16)22(23,24)25/h4-11H,12-13H2,1-3H3. The number of carbonyl (C=O) groups excluding carboxylic acids is 1. The van der Waals surface area contributed by atoms with Crippen molar-refractivity contribution in [3.63, 3.8) is 0 Å². The Bertz CT molecular complexity index is 1010. The maximum atomic E-state index is 12.7. The highest BCUT2D eigenvalue weighted by molar-refractivity contribution is 7.15. The van der Waals surface area contributed by atoms with Gasteiger partial charge in [-0.25, -0.2) is 4.98 Å². The Morgan fingerprint density at radius 1 is 1.10 bits per heavy atom. The van der Waals surface area contributed by atoms with Gasteiger partial charge in [0, 0.05) is 18.3 Å². The molecule has 1 aromatic heterocycles. The molecule has 30 heavy (non-hydrogen) atoms. The molecule has 0 fully saturated rings. The Kier molecular flexibility index (Phi) is 6.45. The Labute approximate surface area is 176 Å². The van der Waals surface area contributed by atoms with Gasteiger partial charge in [0.15, 0.2) is 0 Å². The number of aryl methyl sites for hydroxylation is 1. The van der Waals surface area contributed by atoms with Crippen molar-refractivity contribution in [1.29, 1.82) is 0 Å². The van der Waals surface area contributed by atoms with Crippen molar-refractivity contribution >= 4 is 22.8 Å². The monoisotopic (exact) mass is 434 g/mol. The summed E-state index contributed by atoms with van der Waals surface area (Å²) in [5.41, 5.74) is 1.66. The molecular weight excluding hydrogens is 413 g/mol. The zero-order valence-electron chi connectivity index (χ0n) is 16.8. The summed E-state index contributed by atoms with van der Waals surface area (Å²) in [6.45, 7) is 4.05. The fourth-order valence-electron chi connectivity index (χ4n) is 2.86. The van der Waals surface area contributed by atoms with Crippen molar-refractivity contribution in [3.8, 4) is 16.3 Å². The Morgan fingerprint density at radius 2 is 1.73 bits per heavy atom. The summed E-state index contributed by atoms with van der Waals surface area (Å²) in [5, 5.41) is 0.654. The number of ether oxygens (including phenoxy) is 1. The normalized spacial score (nSPS) is 11.4. The zero-order valence-corrected chi connectivity index (χ0v) is 17.6. The van der Waals surface area contributed by atoms with Gasteiger partial charge >= 0.3 is 6.18 Å². The molecule has 3 rings (SSSR count). The first-order valence-corrected chi connectivity index (χ1v) is 10.0. The summed E-state index contributed by atoms with van der Waals surface area (Å²) >= 11 is 1.40. The number of Topliss-reactive ketones (excluding diaryl/α,β-unsaturated/α-hetero) is 1. The number of nitrogens with zero attached hydrogens (tertiary/aromatic N) is 2. The van der Waals surface area contributed by atoms with E-state index in [1.165, 1.54) is 23.5 Å². The number of hydrogen-bond acceptors (Lipinski definition) is 5. The summed E-state index contributed by atoms with van der Waals surface area (Å²) in [4.78, 5) is 18.5. The zero-order chi connectivity index (χ0) is 21.9. The largest absolute Gasteiger partial charge is 0.488 e. The summed E-state index contributed by atoms with van der Waals surface area (Å²) in [6.07, 6.45) is -4.35. The number of hydrogen-bond donors (Lipinski definition) is 0. The molecule has 0 saturated heterocycles. The number of alkyl halides is 3. The number of halogens is 3. The van der Waals surface area contributed by atoms with Gasteiger partial charge in [0.25, 0.3) is 0 Å². The van der Waals surface area contributed by atoms with Crippen LogP contribution in [0.2, 0.25) is 0 Å². The number of anilines is 1. The highest BCUT2D eigenvalue weighted by Crippen LogP contribution is 2.33. The second-order valence-electron chi connectivity index (χ2n) is 6.94. The Morgan fingerprint density at radius 3 is 2.30 bits per heavy atom. The molecule has 0 N–H and O–H groups in total. The van der Waals surface area contributed by atoms with Crippen LogP contribution in [0.1, 0.15) is 23.1 Å². The molecule has 0 radical (unpaired) electrons. The van der Waals surface area contributed by atoms with Gasteiger partial charge in [-0.1, -0.05) is 12.1 Å². The second kappa shape index (κ2) is 8.87. The van der Waals surface area contributed by atoms with E-state index in [1.54, 1.807) is 6.92 Å². The van der Waals surface area contributed by atoms with E-state index in [-0.39, 0.29) is 5.78 Å². The fourth-order valence-corrected chi connectivity index (χ4v) is 3.84. The fraction of sp³-hybridized carbons (Fsp3) is 0.273. The van der Waals surface area contributed by atoms with Crippen molar-refractivity contribution in [2.24, 2.45) is 0 Å². The average Bonchev–Trinajstić information content (AvgIpc) is 3.06. The number of likely N-dealkylation sites (N-methyl/N-ethyl adjacent to an activating group) is 1. The summed E-state index contributed by atoms with van der Waals surface area (Å²) < 4.78 is 44.0. The lowest BCUT2D eigenvalue weighted by atomic mass is 10.1. The average molecular weight is 434 g/mol. The van der Waals surface area contributed by atoms with E-state index < -0.39 is 11.7 Å². The molecule has 1 heterocycles. The van der Waals surface area contributed by atoms with Crippen molar-refractivity contribution < 1.29 is 22.7 Å². The summed E-state index contributed by atoms with van der Waals surface area (Å²) in [7, 11) is 1.85. The number of thiazole rings is 1. The maximum Gasteiger partial charge on any atom is 0.416 e. The number of carbonyl (C=O) groups is 1. The van der Waals surface area contributed by atoms with Crippen molar-refractivity contribution in [2.75, 3.05) is 18.5 Å². The van der Waals surface area contributed by atoms with Crippen LogP contribution in [-0.4, -0.2) is 24.4 Å². The van der Waals surface area contributed by atoms with E-state index >= 15 is 0 Å². The molecule has 0 unspecified atom stereocenters. The summed E-state index contributed by atoms with van der Waals surface area (Å²) in [6, 6.07) is 12.4. The molecule has 3 aromatic rings. The van der Waals surface area contributed by atoms with Crippen LogP contribution in [0.15, 0.2) is 48.5 Å². The Hall–Kier alpha value is -2.87. The predicted octanol–water partition coefficient (Wildman–Crippen LogP) is 5.74. The third-order valence-electron chi connectivity index (χ3n) is 4.46. The molecule has 8 heteroatoms. The van der Waals surface area contributed by atoms with Crippen LogP contribution in [0.5, 0.6) is 5.75 Å². The highest BCUT2D eigenvalue weighted by Gasteiger charge is 2.30. The molecule has 0 aliphatic heterocycles. The Balaban J connectivity index is 1.66. The van der Waals surface area contributed by atoms with Crippen molar-refractivity contribution in [3.05, 3.63) is 64.7 Å². The van der Waals surface area contributed by atoms with E-state index in [9.17, 15) is 18.0 Å². The van der Waals surface area contributed by atoms with Crippen molar-refractivity contribution in [2.45, 2.75) is 26.6 Å². The number of benzene rings is 2. The van der Waals surface area contributed by atoms with Gasteiger partial charge in [-0.2, -0.15) is 13.2 Å². The van der Waals surface area contributed by atoms with Crippen molar-refractivity contribution in [1.82, 2.24) is 4.98 Å². The van der Waals surface area contributed by atoms with Gasteiger partial charge in [-0.05, 0) is 50.2 Å². The smallest absolute Gasteiger partial charge is 0.416 e. The highest BCUT2D eigenvalue weighted by atomic mass is 32.1. The number of ketones is 1. The lowest BCUT2D eigenvalue weighted by molar-refractivity contribution is -0.137. The number of aromatic nitrogens is 1. The van der Waals surface area contributed by atoms with Crippen LogP contribution in [0, 0.1) is 6.92 Å². The van der Waals surface area contributed by atoms with Crippen LogP contribution in [0.4, 0.5) is 18.9 Å². The SMILES string of the molecule is CC(=O)CN(C)c1ccc(OCc2sc(-c3ccc(C(F)(F)F)cc3)nc2C)cc1. The van der Waals surface area contributed by atoms with Crippen LogP contribution < -0.4 is 9.64 Å². The maximum absolute atomic E-state index is 12.7. The molecule has 2 aromatic carbocycles. The number of rotatable bonds is 7. The first-order chi connectivity index (χ1) is 14.1. The third-order valence-corrected chi connectivity index (χ3v) is 5.64. The van der Waals surface area contributed by atoms with Crippen LogP contribution in [-0.2, 0) is 17.6 Å². The minimum atomic E-state index is -4.35. The van der Waals surface area contributed by atoms with Gasteiger partial charge < -0.3 is 9.64 Å². The van der Waals surface area contributed by atoms with Gasteiger partial charge in [-0.3, -0.25) is 4.79 Å². The molecule has 0 saturated carbocycles. The first kappa shape index (κ1) is 21.8. The van der Waals surface area contributed by atoms with Gasteiger partial charge in [0.2, 0.25) is 0 Å². The van der Waals surface area contributed by atoms with E-state index in [4.69, 9.17) is 4.74 Å². The van der Waals surface area contributed by atoms with Crippen LogP contribution in [0.25, 0.3) is 10.6 Å². The minimum absolute atomic E-state index is 0.0855. The predicted molar refractivity (Wildman–Crippen MR) is 112 cm³/mol. The van der Waals surface area contributed by atoms with Gasteiger partial charge in [-0.15, -0.1) is 11.3 Å². The molecule has 0 spiro atoms. The van der Waals surface area contributed by atoms with E-state index in [0.29, 0.717) is 29.5 Å². The van der Waals surface area contributed by atoms with Gasteiger partial charge in [0.05, 0.1) is 22.7 Å². The van der Waals surface area contributed by atoms with Gasteiger partial charge in [0.1, 0.15) is 23.1 Å². The van der Waals surface area contributed by atoms with E-state index in [0.717, 1.165) is 28.4 Å². The van der Waals surface area contributed by atoms with E-state index in [2.05, 4.69) is 4.98 Å². The molecule has 0 aliphatic rings. The topological polar surface area (TPSA) is 42.4 Å². The third kappa shape index (κ3) is 5.38. The molecule has 0 atom stereocenters. The van der Waals surface area contributed by atoms with Crippen LogP contribution in [0.3, 0.4) is 0 Å². The molecule has 0 bridgehead atoms. The molecule has 0 aliphatic carbocycles. The molecular formula is C22H21F3N2O2S.